The molecule has 2 bridgehead atoms. The van der Waals surface area contributed by atoms with Gasteiger partial charge in [0.1, 0.15) is 5.75 Å². The van der Waals surface area contributed by atoms with Gasteiger partial charge in [-0.25, -0.2) is 0 Å². The van der Waals surface area contributed by atoms with Crippen molar-refractivity contribution in [1.82, 2.24) is 4.90 Å². The number of para-hydroxylation sites is 2. The summed E-state index contributed by atoms with van der Waals surface area (Å²) < 4.78 is 5.25. The van der Waals surface area contributed by atoms with Gasteiger partial charge in [0, 0.05) is 13.0 Å². The molecule has 3 rings (SSSR count). The Labute approximate surface area is 149 Å². The molecular weight excluding hydrogens is 316 g/mol. The van der Waals surface area contributed by atoms with Gasteiger partial charge in [0.15, 0.2) is 0 Å². The highest BCUT2D eigenvalue weighted by atomic mass is 16.5. The molecule has 0 heterocycles. The lowest BCUT2D eigenvalue weighted by atomic mass is 9.86. The number of rotatable bonds is 7. The second kappa shape index (κ2) is 7.89. The number of nitrogens with one attached hydrogen (secondary N) is 1. The number of carbonyl (C=O) groups excluding carboxylic acids is 2. The summed E-state index contributed by atoms with van der Waals surface area (Å²) in [6, 6.07) is 7.29. The molecule has 2 aliphatic carbocycles. The van der Waals surface area contributed by atoms with E-state index in [2.05, 4.69) is 5.32 Å². The van der Waals surface area contributed by atoms with Crippen LogP contribution in [0.25, 0.3) is 0 Å². The van der Waals surface area contributed by atoms with E-state index in [1.807, 2.05) is 19.1 Å². The monoisotopic (exact) mass is 344 g/mol. The molecule has 1 aromatic carbocycles. The lowest BCUT2D eigenvalue weighted by molar-refractivity contribution is -0.135. The molecule has 25 heavy (non-hydrogen) atoms. The van der Waals surface area contributed by atoms with Gasteiger partial charge in [-0.1, -0.05) is 18.6 Å². The van der Waals surface area contributed by atoms with Gasteiger partial charge in [-0.2, -0.15) is 0 Å². The number of ether oxygens (including phenoxy) is 1. The quantitative estimate of drug-likeness (QED) is 0.825. The molecule has 3 atom stereocenters. The van der Waals surface area contributed by atoms with Gasteiger partial charge in [0.2, 0.25) is 11.8 Å². The van der Waals surface area contributed by atoms with E-state index in [1.54, 1.807) is 24.1 Å². The van der Waals surface area contributed by atoms with Crippen molar-refractivity contribution in [3.63, 3.8) is 0 Å². The van der Waals surface area contributed by atoms with Crippen molar-refractivity contribution in [2.75, 3.05) is 25.5 Å². The molecular formula is C20H28N2O3. The molecule has 0 radical (unpaired) electrons. The van der Waals surface area contributed by atoms with Crippen LogP contribution in [0.5, 0.6) is 5.75 Å². The van der Waals surface area contributed by atoms with Crippen LogP contribution in [0.4, 0.5) is 5.69 Å². The highest BCUT2D eigenvalue weighted by molar-refractivity contribution is 5.95. The molecule has 2 aliphatic rings. The molecule has 0 aromatic heterocycles. The Kier molecular flexibility index (Phi) is 5.61. The minimum absolute atomic E-state index is 0.0915. The summed E-state index contributed by atoms with van der Waals surface area (Å²) in [5.74, 6) is 2.63. The number of methoxy groups -OCH3 is 1. The Hall–Kier alpha value is -2.04. The first-order chi connectivity index (χ1) is 12.1. The number of carbonyl (C=O) groups is 2. The first kappa shape index (κ1) is 17.8. The van der Waals surface area contributed by atoms with Crippen molar-refractivity contribution < 1.29 is 14.3 Å². The number of hydrogen-bond donors (Lipinski definition) is 1. The topological polar surface area (TPSA) is 58.6 Å². The molecule has 0 spiro atoms. The third-order valence-corrected chi connectivity index (χ3v) is 5.77. The van der Waals surface area contributed by atoms with Gasteiger partial charge in [0.25, 0.3) is 0 Å². The first-order valence-corrected chi connectivity index (χ1v) is 9.31. The van der Waals surface area contributed by atoms with E-state index in [4.69, 9.17) is 4.74 Å². The maximum Gasteiger partial charge on any atom is 0.244 e. The van der Waals surface area contributed by atoms with Crippen molar-refractivity contribution in [2.24, 2.45) is 17.8 Å². The number of nitrogens with zero attached hydrogens (tertiary/aromatic N) is 1. The van der Waals surface area contributed by atoms with Crippen LogP contribution in [0, 0.1) is 17.8 Å². The van der Waals surface area contributed by atoms with Crippen LogP contribution in [0.15, 0.2) is 24.3 Å². The number of hydrogen-bond acceptors (Lipinski definition) is 3. The fourth-order valence-corrected chi connectivity index (χ4v) is 4.47. The molecule has 0 unspecified atom stereocenters. The standard InChI is InChI=1S/C20H28N2O3/c1-3-22(20(24)12-16-11-14-8-9-15(16)10-14)13-19(23)21-17-6-4-5-7-18(17)25-2/h4-7,14-16H,3,8-13H2,1-2H3,(H,21,23)/t14-,15-,16-/m1/s1. The minimum Gasteiger partial charge on any atom is -0.495 e. The molecule has 2 amide bonds. The molecule has 1 aromatic rings. The summed E-state index contributed by atoms with van der Waals surface area (Å²) in [5, 5.41) is 2.84. The highest BCUT2D eigenvalue weighted by Crippen LogP contribution is 2.49. The summed E-state index contributed by atoms with van der Waals surface area (Å²) in [7, 11) is 1.57. The fraction of sp³-hybridized carbons (Fsp3) is 0.600. The van der Waals surface area contributed by atoms with E-state index in [1.165, 1.54) is 25.7 Å². The molecule has 2 fully saturated rings. The number of benzene rings is 1. The fourth-order valence-electron chi connectivity index (χ4n) is 4.47. The molecule has 5 heteroatoms. The van der Waals surface area contributed by atoms with Crippen LogP contribution < -0.4 is 10.1 Å². The van der Waals surface area contributed by atoms with Crippen LogP contribution in [0.3, 0.4) is 0 Å². The first-order valence-electron chi connectivity index (χ1n) is 9.31. The van der Waals surface area contributed by atoms with E-state index in [0.717, 1.165) is 11.8 Å². The number of likely N-dealkylation sites (N-methyl/N-ethyl adjacent to an activating group) is 1. The van der Waals surface area contributed by atoms with Crippen LogP contribution in [-0.2, 0) is 9.59 Å². The van der Waals surface area contributed by atoms with Gasteiger partial charge in [-0.15, -0.1) is 0 Å². The average molecular weight is 344 g/mol. The third-order valence-electron chi connectivity index (χ3n) is 5.77. The van der Waals surface area contributed by atoms with Crippen LogP contribution in [0.1, 0.15) is 39.0 Å². The highest BCUT2D eigenvalue weighted by Gasteiger charge is 2.40. The van der Waals surface area contributed by atoms with Crippen molar-refractivity contribution in [1.29, 1.82) is 0 Å². The Morgan fingerprint density at radius 2 is 2.04 bits per heavy atom. The molecule has 0 saturated heterocycles. The Bertz CT molecular complexity index is 631. The zero-order valence-corrected chi connectivity index (χ0v) is 15.2. The normalized spacial score (nSPS) is 24.2. The van der Waals surface area contributed by atoms with E-state index >= 15 is 0 Å². The zero-order valence-electron chi connectivity index (χ0n) is 15.2. The third kappa shape index (κ3) is 4.14. The van der Waals surface area contributed by atoms with Crippen molar-refractivity contribution in [3.05, 3.63) is 24.3 Å². The maximum absolute atomic E-state index is 12.6. The van der Waals surface area contributed by atoms with Gasteiger partial charge >= 0.3 is 0 Å². The average Bonchev–Trinajstić information content (AvgIpc) is 3.23. The number of fused-ring (bicyclic) bond motifs is 2. The van der Waals surface area contributed by atoms with Gasteiger partial charge in [-0.05, 0) is 56.1 Å². The molecule has 1 N–H and O–H groups in total. The van der Waals surface area contributed by atoms with Gasteiger partial charge in [-0.3, -0.25) is 9.59 Å². The Balaban J connectivity index is 1.54. The predicted molar refractivity (Wildman–Crippen MR) is 97.4 cm³/mol. The Morgan fingerprint density at radius 3 is 2.68 bits per heavy atom. The zero-order chi connectivity index (χ0) is 17.8. The second-order valence-corrected chi connectivity index (χ2v) is 7.30. The van der Waals surface area contributed by atoms with E-state index in [9.17, 15) is 9.59 Å². The predicted octanol–water partition coefficient (Wildman–Crippen LogP) is 3.31. The maximum atomic E-state index is 12.6. The second-order valence-electron chi connectivity index (χ2n) is 7.30. The van der Waals surface area contributed by atoms with Crippen LogP contribution in [0.2, 0.25) is 0 Å². The van der Waals surface area contributed by atoms with Crippen molar-refractivity contribution in [3.8, 4) is 5.75 Å². The van der Waals surface area contributed by atoms with Crippen LogP contribution in [-0.4, -0.2) is 36.9 Å². The van der Waals surface area contributed by atoms with Crippen molar-refractivity contribution in [2.45, 2.75) is 39.0 Å². The largest absolute Gasteiger partial charge is 0.495 e. The smallest absolute Gasteiger partial charge is 0.244 e. The lowest BCUT2D eigenvalue weighted by Gasteiger charge is -2.26. The van der Waals surface area contributed by atoms with Crippen molar-refractivity contribution >= 4 is 17.5 Å². The minimum atomic E-state index is -0.187. The molecule has 5 nitrogen and oxygen atoms in total. The summed E-state index contributed by atoms with van der Waals surface area (Å²) in [6.45, 7) is 2.57. The number of amides is 2. The molecule has 0 aliphatic heterocycles. The summed E-state index contributed by atoms with van der Waals surface area (Å²) in [5.41, 5.74) is 0.631. The lowest BCUT2D eigenvalue weighted by Crippen LogP contribution is -2.39. The van der Waals surface area contributed by atoms with E-state index < -0.39 is 0 Å². The summed E-state index contributed by atoms with van der Waals surface area (Å²) >= 11 is 0. The summed E-state index contributed by atoms with van der Waals surface area (Å²) in [6.07, 6.45) is 5.72. The summed E-state index contributed by atoms with van der Waals surface area (Å²) in [4.78, 5) is 26.7. The van der Waals surface area contributed by atoms with Gasteiger partial charge in [0.05, 0.1) is 19.3 Å². The molecule has 136 valence electrons. The Morgan fingerprint density at radius 1 is 1.24 bits per heavy atom. The van der Waals surface area contributed by atoms with Gasteiger partial charge < -0.3 is 15.0 Å². The van der Waals surface area contributed by atoms with Crippen LogP contribution >= 0.6 is 0 Å². The van der Waals surface area contributed by atoms with E-state index in [-0.39, 0.29) is 18.4 Å². The van der Waals surface area contributed by atoms with E-state index in [0.29, 0.717) is 30.3 Å². The SMILES string of the molecule is CCN(CC(=O)Nc1ccccc1OC)C(=O)C[C@H]1C[C@@H]2CC[C@@H]1C2. The molecule has 2 saturated carbocycles. The number of anilines is 1.